The molecular formula is C16H9F3N2O2S3. The summed E-state index contributed by atoms with van der Waals surface area (Å²) < 4.78 is 37.9. The summed E-state index contributed by atoms with van der Waals surface area (Å²) in [5.41, 5.74) is 2.08. The van der Waals surface area contributed by atoms with Crippen molar-refractivity contribution in [2.75, 3.05) is 0 Å². The van der Waals surface area contributed by atoms with Gasteiger partial charge in [-0.1, -0.05) is 30.0 Å². The third kappa shape index (κ3) is 3.97. The lowest BCUT2D eigenvalue weighted by Crippen LogP contribution is -2.44. The highest BCUT2D eigenvalue weighted by atomic mass is 32.2. The Morgan fingerprint density at radius 3 is 2.46 bits per heavy atom. The van der Waals surface area contributed by atoms with Crippen molar-refractivity contribution in [1.82, 2.24) is 10.4 Å². The normalized spacial score (nSPS) is 16.4. The van der Waals surface area contributed by atoms with Crippen molar-refractivity contribution in [3.63, 3.8) is 0 Å². The molecule has 134 valence electrons. The van der Waals surface area contributed by atoms with Crippen LogP contribution in [0.25, 0.3) is 6.08 Å². The number of hydrogen-bond donors (Lipinski definition) is 1. The van der Waals surface area contributed by atoms with Crippen LogP contribution in [0.15, 0.2) is 46.7 Å². The van der Waals surface area contributed by atoms with E-state index in [1.54, 1.807) is 17.5 Å². The molecule has 2 heterocycles. The van der Waals surface area contributed by atoms with Gasteiger partial charge in [-0.15, -0.1) is 11.3 Å². The first-order valence-electron chi connectivity index (χ1n) is 7.05. The van der Waals surface area contributed by atoms with Crippen LogP contribution in [0.4, 0.5) is 13.2 Å². The van der Waals surface area contributed by atoms with Crippen LogP contribution in [0.2, 0.25) is 0 Å². The van der Waals surface area contributed by atoms with Crippen molar-refractivity contribution in [2.24, 2.45) is 0 Å². The van der Waals surface area contributed by atoms with Crippen molar-refractivity contribution in [1.29, 1.82) is 0 Å². The van der Waals surface area contributed by atoms with E-state index in [9.17, 15) is 22.8 Å². The molecule has 0 bridgehead atoms. The topological polar surface area (TPSA) is 49.4 Å². The van der Waals surface area contributed by atoms with Crippen LogP contribution in [0.3, 0.4) is 0 Å². The zero-order chi connectivity index (χ0) is 18.9. The Morgan fingerprint density at radius 1 is 1.19 bits per heavy atom. The van der Waals surface area contributed by atoms with Gasteiger partial charge in [-0.05, 0) is 47.4 Å². The first-order chi connectivity index (χ1) is 12.3. The Hall–Kier alpha value is -2.17. The maximum atomic E-state index is 12.6. The SMILES string of the molecule is O=C(NN1C(=O)/C(=C\c2ccc(C(F)(F)F)cc2)SC1=S)c1cccs1. The van der Waals surface area contributed by atoms with Gasteiger partial charge in [0.15, 0.2) is 4.32 Å². The highest BCUT2D eigenvalue weighted by Gasteiger charge is 2.34. The number of carbonyl (C=O) groups is 2. The largest absolute Gasteiger partial charge is 0.416 e. The molecule has 1 N–H and O–H groups in total. The number of thioether (sulfide) groups is 1. The van der Waals surface area contributed by atoms with Gasteiger partial charge in [-0.25, -0.2) is 0 Å². The Bertz CT molecular complexity index is 890. The maximum Gasteiger partial charge on any atom is 0.416 e. The van der Waals surface area contributed by atoms with E-state index in [-0.39, 0.29) is 9.23 Å². The van der Waals surface area contributed by atoms with E-state index in [0.717, 1.165) is 28.9 Å². The van der Waals surface area contributed by atoms with Gasteiger partial charge in [-0.2, -0.15) is 18.2 Å². The molecule has 4 nitrogen and oxygen atoms in total. The summed E-state index contributed by atoms with van der Waals surface area (Å²) in [6.07, 6.45) is -3.00. The number of nitrogens with zero attached hydrogens (tertiary/aromatic N) is 1. The minimum absolute atomic E-state index is 0.137. The monoisotopic (exact) mass is 414 g/mol. The number of benzene rings is 1. The Balaban J connectivity index is 1.76. The molecule has 1 fully saturated rings. The van der Waals surface area contributed by atoms with Crippen molar-refractivity contribution in [2.45, 2.75) is 6.18 Å². The van der Waals surface area contributed by atoms with Gasteiger partial charge < -0.3 is 0 Å². The van der Waals surface area contributed by atoms with Gasteiger partial charge in [0.1, 0.15) is 0 Å². The summed E-state index contributed by atoms with van der Waals surface area (Å²) in [4.78, 5) is 25.1. The van der Waals surface area contributed by atoms with E-state index < -0.39 is 23.6 Å². The summed E-state index contributed by atoms with van der Waals surface area (Å²) in [7, 11) is 0. The van der Waals surface area contributed by atoms with E-state index in [4.69, 9.17) is 12.2 Å². The highest BCUT2D eigenvalue weighted by Crippen LogP contribution is 2.33. The van der Waals surface area contributed by atoms with E-state index in [2.05, 4.69) is 5.43 Å². The molecule has 0 radical (unpaired) electrons. The fourth-order valence-electron chi connectivity index (χ4n) is 2.05. The summed E-state index contributed by atoms with van der Waals surface area (Å²) >= 11 is 7.27. The third-order valence-electron chi connectivity index (χ3n) is 3.29. The smallest absolute Gasteiger partial charge is 0.266 e. The van der Waals surface area contributed by atoms with E-state index in [1.165, 1.54) is 29.5 Å². The molecule has 0 spiro atoms. The van der Waals surface area contributed by atoms with Gasteiger partial charge in [0, 0.05) is 0 Å². The van der Waals surface area contributed by atoms with Crippen LogP contribution >= 0.6 is 35.3 Å². The molecule has 1 aliphatic heterocycles. The molecule has 10 heteroatoms. The Morgan fingerprint density at radius 2 is 1.88 bits per heavy atom. The van der Waals surface area contributed by atoms with E-state index in [0.29, 0.717) is 10.4 Å². The number of carbonyl (C=O) groups excluding carboxylic acids is 2. The second kappa shape index (κ2) is 7.22. The molecule has 0 atom stereocenters. The quantitative estimate of drug-likeness (QED) is 0.601. The fraction of sp³-hybridized carbons (Fsp3) is 0.0625. The molecule has 2 amide bonds. The highest BCUT2D eigenvalue weighted by molar-refractivity contribution is 8.26. The standard InChI is InChI=1S/C16H9F3N2O2S3/c17-16(18,19)10-5-3-9(4-6-10)8-12-14(23)21(15(24)26-12)20-13(22)11-2-1-7-25-11/h1-8H,(H,20,22)/b12-8+. The average molecular weight is 414 g/mol. The number of thiocarbonyl (C=S) groups is 1. The molecular weight excluding hydrogens is 405 g/mol. The number of alkyl halides is 3. The molecule has 2 aromatic rings. The van der Waals surface area contributed by atoms with Crippen molar-refractivity contribution in [3.8, 4) is 0 Å². The van der Waals surface area contributed by atoms with Crippen LogP contribution in [0.1, 0.15) is 20.8 Å². The zero-order valence-electron chi connectivity index (χ0n) is 12.7. The Kier molecular flexibility index (Phi) is 5.17. The summed E-state index contributed by atoms with van der Waals surface area (Å²) in [5.74, 6) is -1.00. The van der Waals surface area contributed by atoms with Crippen molar-refractivity contribution < 1.29 is 22.8 Å². The lowest BCUT2D eigenvalue weighted by Gasteiger charge is -2.14. The molecule has 1 saturated heterocycles. The van der Waals surface area contributed by atoms with Gasteiger partial charge >= 0.3 is 6.18 Å². The van der Waals surface area contributed by atoms with Gasteiger partial charge in [-0.3, -0.25) is 15.0 Å². The van der Waals surface area contributed by atoms with Crippen molar-refractivity contribution in [3.05, 3.63) is 62.7 Å². The van der Waals surface area contributed by atoms with Crippen LogP contribution in [0.5, 0.6) is 0 Å². The molecule has 3 rings (SSSR count). The molecule has 1 aromatic carbocycles. The van der Waals surface area contributed by atoms with Gasteiger partial charge in [0.05, 0.1) is 15.3 Å². The molecule has 0 saturated carbocycles. The van der Waals surface area contributed by atoms with Crippen LogP contribution in [0, 0.1) is 0 Å². The number of halogens is 3. The summed E-state index contributed by atoms with van der Waals surface area (Å²) in [5, 5.41) is 2.68. The predicted molar refractivity (Wildman–Crippen MR) is 98.2 cm³/mol. The van der Waals surface area contributed by atoms with Crippen LogP contribution < -0.4 is 5.43 Å². The fourth-order valence-corrected chi connectivity index (χ4v) is 3.84. The summed E-state index contributed by atoms with van der Waals surface area (Å²) in [6, 6.07) is 7.71. The van der Waals surface area contributed by atoms with Crippen LogP contribution in [-0.4, -0.2) is 21.1 Å². The molecule has 26 heavy (non-hydrogen) atoms. The second-order valence-corrected chi connectivity index (χ2v) is 7.68. The van der Waals surface area contributed by atoms with E-state index in [1.807, 2.05) is 0 Å². The minimum atomic E-state index is -4.42. The lowest BCUT2D eigenvalue weighted by molar-refractivity contribution is -0.137. The third-order valence-corrected chi connectivity index (χ3v) is 5.46. The number of nitrogens with one attached hydrogen (secondary N) is 1. The second-order valence-electron chi connectivity index (χ2n) is 5.06. The molecule has 1 aromatic heterocycles. The number of amides is 2. The summed E-state index contributed by atoms with van der Waals surface area (Å²) in [6.45, 7) is 0. The zero-order valence-corrected chi connectivity index (χ0v) is 15.2. The molecule has 0 aliphatic carbocycles. The first kappa shape index (κ1) is 18.6. The first-order valence-corrected chi connectivity index (χ1v) is 9.16. The predicted octanol–water partition coefficient (Wildman–Crippen LogP) is 4.31. The van der Waals surface area contributed by atoms with Gasteiger partial charge in [0.25, 0.3) is 11.8 Å². The average Bonchev–Trinajstić information content (AvgIpc) is 3.19. The molecule has 0 unspecified atom stereocenters. The molecule has 1 aliphatic rings. The Labute approximate surface area is 159 Å². The number of rotatable bonds is 3. The minimum Gasteiger partial charge on any atom is -0.266 e. The number of thiophene rings is 1. The lowest BCUT2D eigenvalue weighted by atomic mass is 10.1. The maximum absolute atomic E-state index is 12.6. The van der Waals surface area contributed by atoms with Crippen molar-refractivity contribution >= 4 is 57.5 Å². The van der Waals surface area contributed by atoms with Gasteiger partial charge in [0.2, 0.25) is 0 Å². The number of hydrogen-bond acceptors (Lipinski definition) is 5. The van der Waals surface area contributed by atoms with E-state index >= 15 is 0 Å². The van der Waals surface area contributed by atoms with Crippen LogP contribution in [-0.2, 0) is 11.0 Å². The number of hydrazine groups is 1.